The van der Waals surface area contributed by atoms with Crippen LogP contribution in [0, 0.1) is 0 Å². The summed E-state index contributed by atoms with van der Waals surface area (Å²) < 4.78 is 0. The summed E-state index contributed by atoms with van der Waals surface area (Å²) in [5.74, 6) is -0.0925. The molecule has 2 atom stereocenters. The number of aliphatic hydroxyl groups excluding tert-OH is 2. The maximum atomic E-state index is 12.2. The van der Waals surface area contributed by atoms with Crippen LogP contribution in [0.3, 0.4) is 0 Å². The molecule has 0 bridgehead atoms. The molecule has 0 saturated carbocycles. The van der Waals surface area contributed by atoms with Gasteiger partial charge in [0.15, 0.2) is 0 Å². The van der Waals surface area contributed by atoms with Crippen LogP contribution in [0.2, 0.25) is 0 Å². The Hall–Kier alpha value is -1.65. The molecule has 0 aliphatic rings. The summed E-state index contributed by atoms with van der Waals surface area (Å²) in [7, 11) is 0. The minimum atomic E-state index is -0.871. The lowest BCUT2D eigenvalue weighted by molar-refractivity contribution is -0.123. The highest BCUT2D eigenvalue weighted by atomic mass is 16.3. The van der Waals surface area contributed by atoms with Crippen molar-refractivity contribution < 1.29 is 15.0 Å². The van der Waals surface area contributed by atoms with Gasteiger partial charge in [-0.15, -0.1) is 0 Å². The molecule has 0 saturated heterocycles. The molecule has 0 aromatic heterocycles. The quantitative estimate of drug-likeness (QED) is 0.0591. The van der Waals surface area contributed by atoms with E-state index >= 15 is 0 Å². The van der Waals surface area contributed by atoms with Crippen molar-refractivity contribution in [3.63, 3.8) is 0 Å². The fourth-order valence-electron chi connectivity index (χ4n) is 4.78. The molecule has 1 amide bonds. The highest BCUT2D eigenvalue weighted by Crippen LogP contribution is 2.11. The summed E-state index contributed by atoms with van der Waals surface area (Å²) >= 11 is 0. The maximum absolute atomic E-state index is 12.2. The van der Waals surface area contributed by atoms with Crippen molar-refractivity contribution in [1.82, 2.24) is 5.32 Å². The van der Waals surface area contributed by atoms with Gasteiger partial charge < -0.3 is 15.5 Å². The van der Waals surface area contributed by atoms with E-state index in [-0.39, 0.29) is 12.5 Å². The van der Waals surface area contributed by atoms with Gasteiger partial charge in [0, 0.05) is 6.42 Å². The number of hydrogen-bond acceptors (Lipinski definition) is 3. The molecule has 0 rings (SSSR count). The van der Waals surface area contributed by atoms with Gasteiger partial charge in [0.2, 0.25) is 5.91 Å². The van der Waals surface area contributed by atoms with Gasteiger partial charge in [-0.05, 0) is 64.2 Å². The first-order valence-electron chi connectivity index (χ1n) is 17.4. The summed E-state index contributed by atoms with van der Waals surface area (Å²) in [5, 5.41) is 22.8. The third-order valence-electron chi connectivity index (χ3n) is 7.51. The molecule has 3 N–H and O–H groups in total. The predicted octanol–water partition coefficient (Wildman–Crippen LogP) is 10.1. The first kappa shape index (κ1) is 39.4. The highest BCUT2D eigenvalue weighted by molar-refractivity contribution is 5.76. The fraction of sp³-hybridized carbons (Fsp3) is 0.757. The first-order chi connectivity index (χ1) is 20.2. The Morgan fingerprint density at radius 1 is 0.561 bits per heavy atom. The van der Waals surface area contributed by atoms with Gasteiger partial charge in [0.05, 0.1) is 18.8 Å². The number of hydrogen-bond donors (Lipinski definition) is 3. The number of unbranched alkanes of at least 4 members (excludes halogenated alkanes) is 17. The monoisotopic (exact) mass is 574 g/mol. The molecule has 2 unspecified atom stereocenters. The second-order valence-electron chi connectivity index (χ2n) is 11.6. The van der Waals surface area contributed by atoms with Crippen LogP contribution in [-0.4, -0.2) is 34.9 Å². The molecular formula is C37H67NO3. The van der Waals surface area contributed by atoms with Crippen LogP contribution in [0.15, 0.2) is 48.6 Å². The molecule has 0 heterocycles. The molecule has 0 aliphatic carbocycles. The molecule has 238 valence electrons. The van der Waals surface area contributed by atoms with Gasteiger partial charge in [0.1, 0.15) is 0 Å². The van der Waals surface area contributed by atoms with E-state index in [4.69, 9.17) is 0 Å². The van der Waals surface area contributed by atoms with E-state index in [1.54, 1.807) is 6.08 Å². The lowest BCUT2D eigenvalue weighted by atomic mass is 10.1. The summed E-state index contributed by atoms with van der Waals surface area (Å²) in [6.07, 6.45) is 43.3. The number of allylic oxidation sites excluding steroid dienone is 7. The van der Waals surface area contributed by atoms with Gasteiger partial charge in [-0.1, -0.05) is 140 Å². The number of rotatable bonds is 30. The van der Waals surface area contributed by atoms with Crippen molar-refractivity contribution in [2.24, 2.45) is 0 Å². The Kier molecular flexibility index (Phi) is 31.5. The zero-order valence-electron chi connectivity index (χ0n) is 27.0. The summed E-state index contributed by atoms with van der Waals surface area (Å²) in [6, 6.07) is -0.647. The van der Waals surface area contributed by atoms with E-state index < -0.39 is 12.1 Å². The number of carbonyl (C=O) groups excluding carboxylic acids is 1. The number of carbonyl (C=O) groups is 1. The zero-order chi connectivity index (χ0) is 30.1. The minimum absolute atomic E-state index is 0.0925. The smallest absolute Gasteiger partial charge is 0.220 e. The highest BCUT2D eigenvalue weighted by Gasteiger charge is 2.17. The Bertz CT molecular complexity index is 667. The summed E-state index contributed by atoms with van der Waals surface area (Å²) in [4.78, 5) is 12.2. The fourth-order valence-corrected chi connectivity index (χ4v) is 4.78. The average molecular weight is 574 g/mol. The first-order valence-corrected chi connectivity index (χ1v) is 17.4. The second kappa shape index (κ2) is 32.9. The van der Waals surface area contributed by atoms with Gasteiger partial charge in [-0.2, -0.15) is 0 Å². The van der Waals surface area contributed by atoms with Crippen LogP contribution in [0.25, 0.3) is 0 Å². The molecule has 0 radical (unpaired) electrons. The molecule has 0 aliphatic heterocycles. The lowest BCUT2D eigenvalue weighted by Gasteiger charge is -2.19. The van der Waals surface area contributed by atoms with Crippen LogP contribution in [0.5, 0.6) is 0 Å². The Morgan fingerprint density at radius 2 is 0.976 bits per heavy atom. The van der Waals surface area contributed by atoms with Gasteiger partial charge in [-0.3, -0.25) is 4.79 Å². The van der Waals surface area contributed by atoms with E-state index in [0.29, 0.717) is 6.42 Å². The molecule has 0 fully saturated rings. The van der Waals surface area contributed by atoms with Crippen molar-refractivity contribution in [1.29, 1.82) is 0 Å². The topological polar surface area (TPSA) is 69.6 Å². The molecule has 4 heteroatoms. The molecule has 0 spiro atoms. The molecular weight excluding hydrogens is 506 g/mol. The van der Waals surface area contributed by atoms with Gasteiger partial charge in [0.25, 0.3) is 0 Å². The Labute approximate surface area is 254 Å². The Morgan fingerprint density at radius 3 is 1.49 bits per heavy atom. The summed E-state index contributed by atoms with van der Waals surface area (Å²) in [6.45, 7) is 4.22. The van der Waals surface area contributed by atoms with E-state index in [0.717, 1.165) is 51.4 Å². The van der Waals surface area contributed by atoms with Crippen molar-refractivity contribution in [2.75, 3.05) is 6.61 Å². The SMILES string of the molecule is CCCC/C=C\CCCCCCCC(=O)NC(CO)C(O)/C=C/CC/C=C/CC/C=C/CCCCCCCCCC. The van der Waals surface area contributed by atoms with E-state index in [1.807, 2.05) is 6.08 Å². The largest absolute Gasteiger partial charge is 0.394 e. The maximum Gasteiger partial charge on any atom is 0.220 e. The molecule has 0 aromatic carbocycles. The van der Waals surface area contributed by atoms with Crippen LogP contribution in [-0.2, 0) is 4.79 Å². The van der Waals surface area contributed by atoms with Crippen molar-refractivity contribution >= 4 is 5.91 Å². The van der Waals surface area contributed by atoms with Gasteiger partial charge in [-0.25, -0.2) is 0 Å². The van der Waals surface area contributed by atoms with Crippen molar-refractivity contribution in [2.45, 2.75) is 174 Å². The number of nitrogens with one attached hydrogen (secondary N) is 1. The standard InChI is InChI=1S/C37H67NO3/c1-3-5-7-9-11-13-15-16-17-18-19-20-21-23-24-26-28-30-32-36(40)35(34-39)38-37(41)33-31-29-27-25-22-14-12-10-8-6-4-2/h10,12,18-19,23-24,30,32,35-36,39-40H,3-9,11,13-17,20-22,25-29,31,33-34H2,1-2H3,(H,38,41)/b12-10-,19-18+,24-23+,32-30+. The zero-order valence-corrected chi connectivity index (χ0v) is 27.0. The minimum Gasteiger partial charge on any atom is -0.394 e. The van der Waals surface area contributed by atoms with Crippen LogP contribution < -0.4 is 5.32 Å². The second-order valence-corrected chi connectivity index (χ2v) is 11.6. The van der Waals surface area contributed by atoms with Crippen LogP contribution >= 0.6 is 0 Å². The molecule has 0 aromatic rings. The lowest BCUT2D eigenvalue weighted by Crippen LogP contribution is -2.45. The number of amides is 1. The average Bonchev–Trinajstić information content (AvgIpc) is 2.97. The Balaban J connectivity index is 3.75. The van der Waals surface area contributed by atoms with E-state index in [9.17, 15) is 15.0 Å². The van der Waals surface area contributed by atoms with E-state index in [1.165, 1.54) is 89.9 Å². The number of aliphatic hydroxyl groups is 2. The van der Waals surface area contributed by atoms with Gasteiger partial charge >= 0.3 is 0 Å². The summed E-state index contributed by atoms with van der Waals surface area (Å²) in [5.41, 5.74) is 0. The van der Waals surface area contributed by atoms with Crippen LogP contribution in [0.4, 0.5) is 0 Å². The normalized spacial score (nSPS) is 13.8. The predicted molar refractivity (Wildman–Crippen MR) is 179 cm³/mol. The molecule has 4 nitrogen and oxygen atoms in total. The van der Waals surface area contributed by atoms with Crippen molar-refractivity contribution in [3.05, 3.63) is 48.6 Å². The third-order valence-corrected chi connectivity index (χ3v) is 7.51. The molecule has 41 heavy (non-hydrogen) atoms. The third kappa shape index (κ3) is 29.6. The van der Waals surface area contributed by atoms with E-state index in [2.05, 4.69) is 55.6 Å². The van der Waals surface area contributed by atoms with Crippen LogP contribution in [0.1, 0.15) is 162 Å². The van der Waals surface area contributed by atoms with Crippen molar-refractivity contribution in [3.8, 4) is 0 Å².